The molecule has 0 saturated carbocycles. The maximum Gasteiger partial charge on any atom is 0.341 e. The molecule has 2 rings (SSSR count). The van der Waals surface area contributed by atoms with E-state index in [-0.39, 0.29) is 12.5 Å². The Labute approximate surface area is 145 Å². The summed E-state index contributed by atoms with van der Waals surface area (Å²) in [5.74, 6) is 0.334. The van der Waals surface area contributed by atoms with Crippen LogP contribution in [0.15, 0.2) is 40.8 Å². The molecule has 2 aromatic rings. The molecule has 0 aliphatic carbocycles. The van der Waals surface area contributed by atoms with Crippen LogP contribution in [0.25, 0.3) is 0 Å². The van der Waals surface area contributed by atoms with Crippen molar-refractivity contribution in [2.24, 2.45) is 0 Å². The van der Waals surface area contributed by atoms with Gasteiger partial charge in [-0.1, -0.05) is 13.0 Å². The third-order valence-electron chi connectivity index (χ3n) is 3.47. The first-order valence-electron chi connectivity index (χ1n) is 7.86. The summed E-state index contributed by atoms with van der Waals surface area (Å²) in [4.78, 5) is 23.1. The van der Waals surface area contributed by atoms with E-state index in [9.17, 15) is 9.59 Å². The van der Waals surface area contributed by atoms with Gasteiger partial charge in [-0.15, -0.1) is 0 Å². The van der Waals surface area contributed by atoms with Gasteiger partial charge in [0.25, 0.3) is 5.91 Å². The second-order valence-electron chi connectivity index (χ2n) is 5.35. The van der Waals surface area contributed by atoms with Gasteiger partial charge in [-0.3, -0.25) is 4.79 Å². The standard InChI is InChI=1S/C18H21NO6/c1-3-13-7-8-16(25-13)15(10-23-2)19-18(22)12-5-4-6-14(9-12)24-11-17(20)21/h4-9,15H,3,10-11H2,1-2H3,(H,19,22)(H,20,21). The average Bonchev–Trinajstić information content (AvgIpc) is 3.09. The number of carbonyl (C=O) groups is 2. The molecule has 0 bridgehead atoms. The van der Waals surface area contributed by atoms with Gasteiger partial charge in [-0.05, 0) is 30.3 Å². The minimum absolute atomic E-state index is 0.262. The van der Waals surface area contributed by atoms with Crippen LogP contribution in [-0.2, 0) is 16.0 Å². The molecule has 1 unspecified atom stereocenters. The number of ether oxygens (including phenoxy) is 2. The van der Waals surface area contributed by atoms with Crippen molar-refractivity contribution in [3.63, 3.8) is 0 Å². The fraction of sp³-hybridized carbons (Fsp3) is 0.333. The molecule has 7 heteroatoms. The van der Waals surface area contributed by atoms with Gasteiger partial charge < -0.3 is 24.3 Å². The van der Waals surface area contributed by atoms with Gasteiger partial charge in [-0.2, -0.15) is 0 Å². The third-order valence-corrected chi connectivity index (χ3v) is 3.47. The van der Waals surface area contributed by atoms with Crippen LogP contribution < -0.4 is 10.1 Å². The fourth-order valence-corrected chi connectivity index (χ4v) is 2.25. The molecule has 1 aromatic heterocycles. The topological polar surface area (TPSA) is 98.0 Å². The number of rotatable bonds is 9. The molecular formula is C18H21NO6. The number of benzene rings is 1. The molecule has 1 atom stereocenters. The molecule has 0 aliphatic heterocycles. The van der Waals surface area contributed by atoms with Crippen molar-refractivity contribution >= 4 is 11.9 Å². The number of hydrogen-bond donors (Lipinski definition) is 2. The van der Waals surface area contributed by atoms with E-state index in [0.29, 0.717) is 17.1 Å². The zero-order chi connectivity index (χ0) is 18.2. The number of carboxylic acids is 1. The normalized spacial score (nSPS) is 11.8. The Kier molecular flexibility index (Phi) is 6.59. The third kappa shape index (κ3) is 5.36. The Morgan fingerprint density at radius 3 is 2.72 bits per heavy atom. The number of furan rings is 1. The number of methoxy groups -OCH3 is 1. The van der Waals surface area contributed by atoms with Crippen molar-refractivity contribution in [1.82, 2.24) is 5.32 Å². The lowest BCUT2D eigenvalue weighted by molar-refractivity contribution is -0.139. The van der Waals surface area contributed by atoms with Crippen molar-refractivity contribution < 1.29 is 28.6 Å². The van der Waals surface area contributed by atoms with E-state index >= 15 is 0 Å². The first-order chi connectivity index (χ1) is 12.0. The SMILES string of the molecule is CCc1ccc(C(COC)NC(=O)c2cccc(OCC(=O)O)c2)o1. The van der Waals surface area contributed by atoms with Crippen LogP contribution in [0, 0.1) is 0 Å². The smallest absolute Gasteiger partial charge is 0.341 e. The van der Waals surface area contributed by atoms with Crippen LogP contribution in [0.3, 0.4) is 0 Å². The van der Waals surface area contributed by atoms with Gasteiger partial charge >= 0.3 is 5.97 Å². The van der Waals surface area contributed by atoms with E-state index in [0.717, 1.165) is 12.2 Å². The van der Waals surface area contributed by atoms with Gasteiger partial charge in [0, 0.05) is 19.1 Å². The highest BCUT2D eigenvalue weighted by atomic mass is 16.5. The second-order valence-corrected chi connectivity index (χ2v) is 5.35. The number of carboxylic acid groups (broad SMARTS) is 1. The maximum absolute atomic E-state index is 12.5. The highest BCUT2D eigenvalue weighted by molar-refractivity contribution is 5.94. The number of hydrogen-bond acceptors (Lipinski definition) is 5. The number of nitrogens with one attached hydrogen (secondary N) is 1. The van der Waals surface area contributed by atoms with Gasteiger partial charge in [0.1, 0.15) is 23.3 Å². The van der Waals surface area contributed by atoms with E-state index in [1.807, 2.05) is 19.1 Å². The molecule has 134 valence electrons. The quantitative estimate of drug-likeness (QED) is 0.723. The first kappa shape index (κ1) is 18.5. The fourth-order valence-electron chi connectivity index (χ4n) is 2.25. The van der Waals surface area contributed by atoms with Crippen molar-refractivity contribution in [1.29, 1.82) is 0 Å². The second kappa shape index (κ2) is 8.89. The summed E-state index contributed by atoms with van der Waals surface area (Å²) in [6.45, 7) is 1.77. The molecule has 0 saturated heterocycles. The monoisotopic (exact) mass is 347 g/mol. The number of aliphatic carboxylic acids is 1. The van der Waals surface area contributed by atoms with Crippen molar-refractivity contribution in [3.05, 3.63) is 53.5 Å². The predicted octanol–water partition coefficient (Wildman–Crippen LogP) is 2.42. The molecule has 0 aliphatic rings. The Morgan fingerprint density at radius 2 is 2.08 bits per heavy atom. The lowest BCUT2D eigenvalue weighted by Crippen LogP contribution is -2.31. The predicted molar refractivity (Wildman–Crippen MR) is 89.7 cm³/mol. The summed E-state index contributed by atoms with van der Waals surface area (Å²) in [5, 5.41) is 11.5. The summed E-state index contributed by atoms with van der Waals surface area (Å²) < 4.78 is 15.9. The van der Waals surface area contributed by atoms with Crippen LogP contribution >= 0.6 is 0 Å². The summed E-state index contributed by atoms with van der Waals surface area (Å²) in [7, 11) is 1.54. The van der Waals surface area contributed by atoms with Gasteiger partial charge in [0.15, 0.2) is 6.61 Å². The summed E-state index contributed by atoms with van der Waals surface area (Å²) >= 11 is 0. The van der Waals surface area contributed by atoms with Crippen LogP contribution in [0.4, 0.5) is 0 Å². The molecule has 25 heavy (non-hydrogen) atoms. The van der Waals surface area contributed by atoms with Crippen molar-refractivity contribution in [2.75, 3.05) is 20.3 Å². The molecule has 1 heterocycles. The van der Waals surface area contributed by atoms with Crippen LogP contribution in [0.1, 0.15) is 34.8 Å². The van der Waals surface area contributed by atoms with E-state index in [1.54, 1.807) is 25.3 Å². The summed E-state index contributed by atoms with van der Waals surface area (Å²) in [5.41, 5.74) is 0.353. The average molecular weight is 347 g/mol. The minimum Gasteiger partial charge on any atom is -0.482 e. The first-order valence-corrected chi connectivity index (χ1v) is 7.86. The highest BCUT2D eigenvalue weighted by Crippen LogP contribution is 2.19. The number of carbonyl (C=O) groups excluding carboxylic acids is 1. The highest BCUT2D eigenvalue weighted by Gasteiger charge is 2.19. The van der Waals surface area contributed by atoms with Crippen molar-refractivity contribution in [3.8, 4) is 5.75 Å². The Hall–Kier alpha value is -2.80. The molecule has 0 radical (unpaired) electrons. The number of amides is 1. The van der Waals surface area contributed by atoms with Crippen LogP contribution in [-0.4, -0.2) is 37.3 Å². The van der Waals surface area contributed by atoms with Gasteiger partial charge in [0.05, 0.1) is 6.61 Å². The molecule has 0 fully saturated rings. The maximum atomic E-state index is 12.5. The zero-order valence-electron chi connectivity index (χ0n) is 14.2. The molecular weight excluding hydrogens is 326 g/mol. The zero-order valence-corrected chi connectivity index (χ0v) is 14.2. The summed E-state index contributed by atoms with van der Waals surface area (Å²) in [6, 6.07) is 9.57. The lowest BCUT2D eigenvalue weighted by Gasteiger charge is -2.16. The van der Waals surface area contributed by atoms with Crippen molar-refractivity contribution in [2.45, 2.75) is 19.4 Å². The molecule has 2 N–H and O–H groups in total. The van der Waals surface area contributed by atoms with Crippen LogP contribution in [0.2, 0.25) is 0 Å². The molecule has 1 aromatic carbocycles. The van der Waals surface area contributed by atoms with Gasteiger partial charge in [0.2, 0.25) is 0 Å². The molecule has 0 spiro atoms. The summed E-state index contributed by atoms with van der Waals surface area (Å²) in [6.07, 6.45) is 0.761. The largest absolute Gasteiger partial charge is 0.482 e. The Balaban J connectivity index is 2.09. The number of aryl methyl sites for hydroxylation is 1. The van der Waals surface area contributed by atoms with E-state index in [4.69, 9.17) is 19.0 Å². The Morgan fingerprint density at radius 1 is 1.28 bits per heavy atom. The van der Waals surface area contributed by atoms with Crippen LogP contribution in [0.5, 0.6) is 5.75 Å². The Bertz CT molecular complexity index is 724. The van der Waals surface area contributed by atoms with Gasteiger partial charge in [-0.25, -0.2) is 4.79 Å². The van der Waals surface area contributed by atoms with E-state index < -0.39 is 18.6 Å². The van der Waals surface area contributed by atoms with E-state index in [2.05, 4.69) is 5.32 Å². The van der Waals surface area contributed by atoms with E-state index in [1.165, 1.54) is 6.07 Å². The molecule has 1 amide bonds. The molecule has 7 nitrogen and oxygen atoms in total. The minimum atomic E-state index is -1.08. The lowest BCUT2D eigenvalue weighted by atomic mass is 10.1.